The number of nitrogens with one attached hydrogen (secondary N) is 2. The lowest BCUT2D eigenvalue weighted by Gasteiger charge is -2.14. The minimum Gasteiger partial charge on any atom is -0.325 e. The Bertz CT molecular complexity index is 630. The maximum absolute atomic E-state index is 11.6. The smallest absolute Gasteiger partial charge is 0.235 e. The minimum absolute atomic E-state index is 0.130. The molecule has 0 aliphatic rings. The Kier molecular flexibility index (Phi) is 6.15. The predicted octanol–water partition coefficient (Wildman–Crippen LogP) is 4.02. The van der Waals surface area contributed by atoms with Crippen molar-refractivity contribution in [1.82, 2.24) is 0 Å². The molecule has 0 saturated carbocycles. The third-order valence-electron chi connectivity index (χ3n) is 2.94. The van der Waals surface area contributed by atoms with Crippen LogP contribution in [0, 0.1) is 0 Å². The van der Waals surface area contributed by atoms with Gasteiger partial charge < -0.3 is 10.6 Å². The zero-order valence-electron chi connectivity index (χ0n) is 11.6. The van der Waals surface area contributed by atoms with Gasteiger partial charge in [0, 0.05) is 22.5 Å². The highest BCUT2D eigenvalue weighted by Gasteiger charge is 2.12. The van der Waals surface area contributed by atoms with E-state index in [1.54, 1.807) is 0 Å². The number of carbonyl (C=O) groups is 2. The van der Waals surface area contributed by atoms with Gasteiger partial charge in [-0.25, -0.2) is 0 Å². The summed E-state index contributed by atoms with van der Waals surface area (Å²) in [6, 6.07) is 15.0. The van der Waals surface area contributed by atoms with E-state index < -0.39 is 0 Å². The van der Waals surface area contributed by atoms with Crippen molar-refractivity contribution < 1.29 is 9.59 Å². The maximum Gasteiger partial charge on any atom is 0.235 e. The molecule has 0 radical (unpaired) electrons. The third-order valence-corrected chi connectivity index (χ3v) is 3.95. The first-order valence-electron chi connectivity index (χ1n) is 6.55. The second kappa shape index (κ2) is 8.10. The van der Waals surface area contributed by atoms with Crippen LogP contribution in [-0.2, 0) is 9.59 Å². The van der Waals surface area contributed by atoms with Gasteiger partial charge in [-0.1, -0.05) is 68.3 Å². The van der Waals surface area contributed by atoms with Gasteiger partial charge in [0.25, 0.3) is 0 Å². The monoisotopic (exact) mass is 424 g/mol. The van der Waals surface area contributed by atoms with Crippen LogP contribution in [0.2, 0.25) is 0 Å². The van der Waals surface area contributed by atoms with Crippen LogP contribution in [-0.4, -0.2) is 22.5 Å². The number of rotatable bonds is 5. The molecule has 0 saturated heterocycles. The van der Waals surface area contributed by atoms with E-state index in [9.17, 15) is 9.59 Å². The van der Waals surface area contributed by atoms with Crippen LogP contribution in [0.25, 0.3) is 11.1 Å². The summed E-state index contributed by atoms with van der Waals surface area (Å²) in [5.41, 5.74) is 3.10. The number of hydrogen-bond donors (Lipinski definition) is 2. The molecule has 2 N–H and O–H groups in total. The highest BCUT2D eigenvalue weighted by molar-refractivity contribution is 9.09. The van der Waals surface area contributed by atoms with Gasteiger partial charge in [-0.05, 0) is 12.1 Å². The van der Waals surface area contributed by atoms with E-state index in [1.807, 2.05) is 48.5 Å². The van der Waals surface area contributed by atoms with Crippen molar-refractivity contribution >= 4 is 55.0 Å². The summed E-state index contributed by atoms with van der Waals surface area (Å²) in [4.78, 5) is 23.3. The molecular weight excluding hydrogens is 412 g/mol. The zero-order valence-corrected chi connectivity index (χ0v) is 14.8. The van der Waals surface area contributed by atoms with Crippen molar-refractivity contribution in [2.75, 3.05) is 21.3 Å². The third kappa shape index (κ3) is 4.18. The highest BCUT2D eigenvalue weighted by Crippen LogP contribution is 2.33. The van der Waals surface area contributed by atoms with Crippen LogP contribution in [0.5, 0.6) is 0 Å². The Hall–Kier alpha value is -1.66. The van der Waals surface area contributed by atoms with Crippen LogP contribution >= 0.6 is 31.9 Å². The van der Waals surface area contributed by atoms with Crippen molar-refractivity contribution in [3.8, 4) is 11.1 Å². The molecule has 4 nitrogen and oxygen atoms in total. The molecule has 2 rings (SSSR count). The van der Waals surface area contributed by atoms with Gasteiger partial charge in [0.05, 0.1) is 10.7 Å². The minimum atomic E-state index is -0.130. The van der Waals surface area contributed by atoms with Gasteiger partial charge in [-0.2, -0.15) is 0 Å². The predicted molar refractivity (Wildman–Crippen MR) is 96.7 cm³/mol. The molecule has 22 heavy (non-hydrogen) atoms. The summed E-state index contributed by atoms with van der Waals surface area (Å²) in [6.07, 6.45) is 0. The lowest BCUT2D eigenvalue weighted by Crippen LogP contribution is -2.14. The second-order valence-electron chi connectivity index (χ2n) is 4.45. The average molecular weight is 426 g/mol. The molecule has 0 spiro atoms. The first-order chi connectivity index (χ1) is 10.7. The van der Waals surface area contributed by atoms with Gasteiger partial charge in [-0.15, -0.1) is 0 Å². The number of carbonyl (C=O) groups excluding carboxylic acids is 2. The van der Waals surface area contributed by atoms with Gasteiger partial charge in [-0.3, -0.25) is 9.59 Å². The molecule has 0 aliphatic heterocycles. The molecule has 6 heteroatoms. The van der Waals surface area contributed by atoms with Gasteiger partial charge in [0.1, 0.15) is 0 Å². The fourth-order valence-electron chi connectivity index (χ4n) is 2.02. The van der Waals surface area contributed by atoms with Crippen molar-refractivity contribution in [3.63, 3.8) is 0 Å². The van der Waals surface area contributed by atoms with E-state index in [0.717, 1.165) is 11.1 Å². The maximum atomic E-state index is 11.6. The quantitative estimate of drug-likeness (QED) is 0.710. The summed E-state index contributed by atoms with van der Waals surface area (Å²) in [5, 5.41) is 6.14. The van der Waals surface area contributed by atoms with Gasteiger partial charge >= 0.3 is 0 Å². The average Bonchev–Trinajstić information content (AvgIpc) is 2.55. The van der Waals surface area contributed by atoms with E-state index >= 15 is 0 Å². The lowest BCUT2D eigenvalue weighted by atomic mass is 10.0. The number of hydrogen-bond acceptors (Lipinski definition) is 2. The largest absolute Gasteiger partial charge is 0.325 e. The normalized spacial score (nSPS) is 10.1. The summed E-state index contributed by atoms with van der Waals surface area (Å²) >= 11 is 6.27. The van der Waals surface area contributed by atoms with Crippen LogP contribution in [0.1, 0.15) is 0 Å². The standard InChI is InChI=1S/C16H14Br2N2O2/c17-9-15(21)19-13-7-3-1-5-11(13)12-6-2-4-8-14(12)20-16(22)10-18/h1-8H,9-10H2,(H,19,21)(H,20,22). The molecule has 0 unspecified atom stereocenters. The van der Waals surface area contributed by atoms with Crippen LogP contribution in [0.3, 0.4) is 0 Å². The number of halogens is 2. The second-order valence-corrected chi connectivity index (χ2v) is 5.58. The van der Waals surface area contributed by atoms with Gasteiger partial charge in [0.15, 0.2) is 0 Å². The van der Waals surface area contributed by atoms with Crippen molar-refractivity contribution in [2.24, 2.45) is 0 Å². The summed E-state index contributed by atoms with van der Waals surface area (Å²) in [6.45, 7) is 0. The fourth-order valence-corrected chi connectivity index (χ4v) is 2.30. The first-order valence-corrected chi connectivity index (χ1v) is 8.80. The summed E-state index contributed by atoms with van der Waals surface area (Å²) in [5.74, 6) is -0.260. The Balaban J connectivity index is 2.44. The van der Waals surface area contributed by atoms with E-state index in [1.165, 1.54) is 0 Å². The first kappa shape index (κ1) is 16.7. The molecule has 2 amide bonds. The van der Waals surface area contributed by atoms with E-state index in [2.05, 4.69) is 42.5 Å². The highest BCUT2D eigenvalue weighted by atomic mass is 79.9. The Morgan fingerprint density at radius 2 is 1.09 bits per heavy atom. The van der Waals surface area contributed by atoms with Crippen molar-refractivity contribution in [2.45, 2.75) is 0 Å². The Labute approximate surface area is 145 Å². The topological polar surface area (TPSA) is 58.2 Å². The van der Waals surface area contributed by atoms with Crippen LogP contribution < -0.4 is 10.6 Å². The van der Waals surface area contributed by atoms with Crippen molar-refractivity contribution in [3.05, 3.63) is 48.5 Å². The number of amides is 2. The van der Waals surface area contributed by atoms with E-state index in [4.69, 9.17) is 0 Å². The van der Waals surface area contributed by atoms with E-state index in [-0.39, 0.29) is 22.5 Å². The number of alkyl halides is 2. The van der Waals surface area contributed by atoms with Gasteiger partial charge in [0.2, 0.25) is 11.8 Å². The Morgan fingerprint density at radius 1 is 0.727 bits per heavy atom. The summed E-state index contributed by atoms with van der Waals surface area (Å²) in [7, 11) is 0. The number of benzene rings is 2. The molecular formula is C16H14Br2N2O2. The molecule has 0 aliphatic carbocycles. The molecule has 0 aromatic heterocycles. The lowest BCUT2D eigenvalue weighted by molar-refractivity contribution is -0.114. The Morgan fingerprint density at radius 3 is 1.45 bits per heavy atom. The van der Waals surface area contributed by atoms with Crippen LogP contribution in [0.15, 0.2) is 48.5 Å². The molecule has 114 valence electrons. The molecule has 2 aromatic carbocycles. The molecule has 0 fully saturated rings. The van der Waals surface area contributed by atoms with Crippen LogP contribution in [0.4, 0.5) is 11.4 Å². The summed E-state index contributed by atoms with van der Waals surface area (Å²) < 4.78 is 0. The van der Waals surface area contributed by atoms with E-state index in [0.29, 0.717) is 11.4 Å². The SMILES string of the molecule is O=C(CBr)Nc1ccccc1-c1ccccc1NC(=O)CBr. The molecule has 0 heterocycles. The zero-order chi connectivity index (χ0) is 15.9. The molecule has 2 aromatic rings. The number of anilines is 2. The van der Waals surface area contributed by atoms with Crippen molar-refractivity contribution in [1.29, 1.82) is 0 Å². The molecule has 0 atom stereocenters. The molecule has 0 bridgehead atoms. The number of para-hydroxylation sites is 2. The fraction of sp³-hybridized carbons (Fsp3) is 0.125.